The molecule has 0 aliphatic carbocycles. The number of aliphatic imine (C=N–C) groups is 1. The van der Waals surface area contributed by atoms with E-state index in [1.165, 1.54) is 0 Å². The monoisotopic (exact) mass is 424 g/mol. The van der Waals surface area contributed by atoms with E-state index < -0.39 is 10.2 Å². The van der Waals surface area contributed by atoms with Gasteiger partial charge >= 0.3 is 0 Å². The van der Waals surface area contributed by atoms with E-state index in [1.54, 1.807) is 12.3 Å². The molecule has 0 unspecified atom stereocenters. The van der Waals surface area contributed by atoms with Crippen molar-refractivity contribution in [1.82, 2.24) is 15.0 Å². The van der Waals surface area contributed by atoms with Crippen LogP contribution in [0.1, 0.15) is 23.6 Å². The fourth-order valence-corrected chi connectivity index (χ4v) is 2.49. The SMILES string of the molecule is NC(=NCc1cc(Br)co1)c1nonc1CCCNS(N)(=O)=O.O. The summed E-state index contributed by atoms with van der Waals surface area (Å²) in [7, 11) is -3.70. The molecule has 24 heavy (non-hydrogen) atoms. The van der Waals surface area contributed by atoms with Gasteiger partial charge in [-0.1, -0.05) is 5.16 Å². The van der Waals surface area contributed by atoms with Crippen LogP contribution in [0.25, 0.3) is 0 Å². The van der Waals surface area contributed by atoms with Gasteiger partial charge in [-0.25, -0.2) is 14.5 Å². The molecule has 11 nitrogen and oxygen atoms in total. The van der Waals surface area contributed by atoms with Gasteiger partial charge in [-0.15, -0.1) is 0 Å². The van der Waals surface area contributed by atoms with Crippen LogP contribution < -0.4 is 15.6 Å². The zero-order valence-electron chi connectivity index (χ0n) is 12.4. The number of hydrogen-bond donors (Lipinski definition) is 3. The van der Waals surface area contributed by atoms with Crippen LogP contribution >= 0.6 is 15.9 Å². The summed E-state index contributed by atoms with van der Waals surface area (Å²) in [5.41, 5.74) is 6.69. The summed E-state index contributed by atoms with van der Waals surface area (Å²) in [5, 5.41) is 12.3. The van der Waals surface area contributed by atoms with E-state index in [1.807, 2.05) is 0 Å². The number of nitrogens with zero attached hydrogens (tertiary/aromatic N) is 3. The number of amidine groups is 1. The first-order valence-corrected chi connectivity index (χ1v) is 8.81. The van der Waals surface area contributed by atoms with Crippen molar-refractivity contribution in [2.24, 2.45) is 15.9 Å². The molecule has 7 N–H and O–H groups in total. The number of hydrogen-bond acceptors (Lipinski definition) is 7. The Morgan fingerprint density at radius 1 is 1.42 bits per heavy atom. The number of halogens is 1. The van der Waals surface area contributed by atoms with Crippen LogP contribution in [0.15, 0.2) is 30.8 Å². The molecule has 0 fully saturated rings. The Balaban J connectivity index is 0.00000288. The number of rotatable bonds is 8. The fourth-order valence-electron chi connectivity index (χ4n) is 1.71. The second-order valence-corrected chi connectivity index (χ2v) is 6.83. The van der Waals surface area contributed by atoms with Crippen LogP contribution in [0.3, 0.4) is 0 Å². The van der Waals surface area contributed by atoms with Crippen LogP contribution in [0.2, 0.25) is 0 Å². The van der Waals surface area contributed by atoms with Crippen LogP contribution in [-0.2, 0) is 23.2 Å². The largest absolute Gasteiger partial charge is 0.466 e. The van der Waals surface area contributed by atoms with Gasteiger partial charge in [0.1, 0.15) is 17.7 Å². The lowest BCUT2D eigenvalue weighted by Crippen LogP contribution is -2.31. The summed E-state index contributed by atoms with van der Waals surface area (Å²) >= 11 is 3.27. The zero-order chi connectivity index (χ0) is 16.9. The molecular formula is C11H17BrN6O5S. The van der Waals surface area contributed by atoms with Crippen molar-refractivity contribution in [1.29, 1.82) is 0 Å². The molecule has 0 amide bonds. The molecule has 134 valence electrons. The lowest BCUT2D eigenvalue weighted by molar-refractivity contribution is 0.302. The molecule has 0 aliphatic heterocycles. The van der Waals surface area contributed by atoms with E-state index in [4.69, 9.17) is 15.3 Å². The Labute approximate surface area is 146 Å². The maximum absolute atomic E-state index is 10.8. The highest BCUT2D eigenvalue weighted by Crippen LogP contribution is 2.15. The molecule has 0 saturated carbocycles. The van der Waals surface area contributed by atoms with Crippen molar-refractivity contribution in [3.63, 3.8) is 0 Å². The van der Waals surface area contributed by atoms with Gasteiger partial charge in [0, 0.05) is 6.54 Å². The third-order valence-electron chi connectivity index (χ3n) is 2.72. The van der Waals surface area contributed by atoms with Crippen LogP contribution in [0.5, 0.6) is 0 Å². The van der Waals surface area contributed by atoms with E-state index in [0.717, 1.165) is 4.47 Å². The molecule has 0 saturated heterocycles. The molecule has 2 heterocycles. The highest BCUT2D eigenvalue weighted by atomic mass is 79.9. The standard InChI is InChI=1S/C11H15BrN6O4S.H2O/c12-7-4-8(21-6-7)5-15-11(13)10-9(17-22-18-10)2-1-3-16-23(14,19)20;/h4,6,16H,1-3,5H2,(H2,13,15)(H2,14,19,20);1H2. The molecular weight excluding hydrogens is 408 g/mol. The van der Waals surface area contributed by atoms with Crippen LogP contribution in [0.4, 0.5) is 0 Å². The average Bonchev–Trinajstić information content (AvgIpc) is 3.09. The first-order valence-electron chi connectivity index (χ1n) is 6.47. The third-order valence-corrected chi connectivity index (χ3v) is 3.74. The Kier molecular flexibility index (Phi) is 7.50. The van der Waals surface area contributed by atoms with Gasteiger partial charge in [0.05, 0.1) is 11.0 Å². The highest BCUT2D eigenvalue weighted by molar-refractivity contribution is 9.10. The predicted octanol–water partition coefficient (Wildman–Crippen LogP) is -0.768. The zero-order valence-corrected chi connectivity index (χ0v) is 14.8. The lowest BCUT2D eigenvalue weighted by Gasteiger charge is -2.01. The molecule has 0 aromatic carbocycles. The van der Waals surface area contributed by atoms with Gasteiger partial charge < -0.3 is 15.6 Å². The lowest BCUT2D eigenvalue weighted by atomic mass is 10.2. The molecule has 0 spiro atoms. The molecule has 0 radical (unpaired) electrons. The van der Waals surface area contributed by atoms with Gasteiger partial charge in [0.2, 0.25) is 0 Å². The maximum atomic E-state index is 10.8. The van der Waals surface area contributed by atoms with Crippen molar-refractivity contribution in [2.45, 2.75) is 19.4 Å². The molecule has 2 rings (SSSR count). The Morgan fingerprint density at radius 2 is 2.17 bits per heavy atom. The third kappa shape index (κ3) is 6.37. The maximum Gasteiger partial charge on any atom is 0.274 e. The summed E-state index contributed by atoms with van der Waals surface area (Å²) in [4.78, 5) is 4.16. The van der Waals surface area contributed by atoms with Gasteiger partial charge in [0.15, 0.2) is 11.5 Å². The normalized spacial score (nSPS) is 12.2. The van der Waals surface area contributed by atoms with Crippen molar-refractivity contribution in [3.8, 4) is 0 Å². The minimum atomic E-state index is -3.70. The summed E-state index contributed by atoms with van der Waals surface area (Å²) in [6.07, 6.45) is 2.41. The van der Waals surface area contributed by atoms with Crippen molar-refractivity contribution < 1.29 is 22.9 Å². The summed E-state index contributed by atoms with van der Waals surface area (Å²) in [5.74, 6) is 0.795. The van der Waals surface area contributed by atoms with E-state index in [-0.39, 0.29) is 24.4 Å². The van der Waals surface area contributed by atoms with Crippen molar-refractivity contribution in [2.75, 3.05) is 6.54 Å². The summed E-state index contributed by atoms with van der Waals surface area (Å²) in [6.45, 7) is 0.416. The van der Waals surface area contributed by atoms with E-state index in [2.05, 4.69) is 40.6 Å². The number of aryl methyl sites for hydroxylation is 1. The van der Waals surface area contributed by atoms with Crippen LogP contribution in [0, 0.1) is 0 Å². The van der Waals surface area contributed by atoms with E-state index in [9.17, 15) is 8.42 Å². The first-order chi connectivity index (χ1) is 10.8. The molecule has 0 atom stereocenters. The fraction of sp³-hybridized carbons (Fsp3) is 0.364. The summed E-state index contributed by atoms with van der Waals surface area (Å²) < 4.78 is 34.4. The van der Waals surface area contributed by atoms with E-state index in [0.29, 0.717) is 30.0 Å². The molecule has 0 aliphatic rings. The smallest absolute Gasteiger partial charge is 0.274 e. The van der Waals surface area contributed by atoms with Gasteiger partial charge in [-0.05, 0) is 40.0 Å². The Morgan fingerprint density at radius 3 is 2.79 bits per heavy atom. The predicted molar refractivity (Wildman–Crippen MR) is 88.2 cm³/mol. The molecule has 2 aromatic rings. The van der Waals surface area contributed by atoms with Crippen molar-refractivity contribution in [3.05, 3.63) is 34.0 Å². The van der Waals surface area contributed by atoms with Gasteiger partial charge in [-0.2, -0.15) is 8.42 Å². The number of nitrogens with one attached hydrogen (secondary N) is 1. The average molecular weight is 425 g/mol. The number of furan rings is 1. The summed E-state index contributed by atoms with van der Waals surface area (Å²) in [6, 6.07) is 1.78. The quantitative estimate of drug-likeness (QED) is 0.280. The molecule has 13 heteroatoms. The van der Waals surface area contributed by atoms with Gasteiger partial charge in [-0.3, -0.25) is 4.99 Å². The van der Waals surface area contributed by atoms with Crippen molar-refractivity contribution >= 4 is 32.0 Å². The minimum absolute atomic E-state index is 0. The highest BCUT2D eigenvalue weighted by Gasteiger charge is 2.14. The number of nitrogens with two attached hydrogens (primary N) is 2. The Bertz CT molecular complexity index is 786. The first kappa shape index (κ1) is 20.2. The molecule has 2 aromatic heterocycles. The minimum Gasteiger partial charge on any atom is -0.466 e. The topological polar surface area (TPSA) is 194 Å². The second kappa shape index (κ2) is 8.89. The second-order valence-electron chi connectivity index (χ2n) is 4.54. The number of aromatic nitrogens is 2. The van der Waals surface area contributed by atoms with E-state index >= 15 is 0 Å². The van der Waals surface area contributed by atoms with Crippen LogP contribution in [-0.4, -0.2) is 36.6 Å². The van der Waals surface area contributed by atoms with Gasteiger partial charge in [0.25, 0.3) is 10.2 Å². The molecule has 0 bridgehead atoms. The Hall–Kier alpha value is -1.80.